The van der Waals surface area contributed by atoms with Gasteiger partial charge in [0, 0.05) is 27.7 Å². The van der Waals surface area contributed by atoms with Crippen LogP contribution < -0.4 is 4.80 Å². The third-order valence-electron chi connectivity index (χ3n) is 5.29. The monoisotopic (exact) mass is 485 g/mol. The molecule has 1 aliphatic rings. The zero-order chi connectivity index (χ0) is 20.6. The molecule has 0 unspecified atom stereocenters. The summed E-state index contributed by atoms with van der Waals surface area (Å²) in [5, 5.41) is 7.94. The summed E-state index contributed by atoms with van der Waals surface area (Å²) in [7, 11) is 1.91. The second kappa shape index (κ2) is 8.60. The van der Waals surface area contributed by atoms with Crippen LogP contribution in [0.1, 0.15) is 37.7 Å². The first-order valence-corrected chi connectivity index (χ1v) is 11.7. The number of halogens is 4. The van der Waals surface area contributed by atoms with E-state index in [4.69, 9.17) is 51.4 Å². The normalized spacial score (nSPS) is 16.9. The van der Waals surface area contributed by atoms with E-state index in [0.717, 1.165) is 46.6 Å². The maximum absolute atomic E-state index is 6.60. The first kappa shape index (κ1) is 21.2. The van der Waals surface area contributed by atoms with Crippen LogP contribution in [0.25, 0.3) is 10.6 Å². The Bertz CT molecular complexity index is 1110. The lowest BCUT2D eigenvalue weighted by atomic mass is 9.77. The van der Waals surface area contributed by atoms with E-state index in [1.807, 2.05) is 36.0 Å². The molecule has 0 atom stereocenters. The predicted octanol–water partition coefficient (Wildman–Crippen LogP) is 7.52. The van der Waals surface area contributed by atoms with Gasteiger partial charge in [0.05, 0.1) is 10.6 Å². The summed E-state index contributed by atoms with van der Waals surface area (Å²) in [5.74, 6) is 0. The van der Waals surface area contributed by atoms with E-state index in [-0.39, 0.29) is 5.54 Å². The lowest BCUT2D eigenvalue weighted by Crippen LogP contribution is -2.31. The Morgan fingerprint density at radius 1 is 0.931 bits per heavy atom. The number of aromatic nitrogens is 2. The molecule has 0 saturated heterocycles. The van der Waals surface area contributed by atoms with Crippen molar-refractivity contribution in [2.75, 3.05) is 0 Å². The van der Waals surface area contributed by atoms with Gasteiger partial charge in [0.25, 0.3) is 0 Å². The lowest BCUT2D eigenvalue weighted by Gasteiger charge is -2.34. The van der Waals surface area contributed by atoms with Gasteiger partial charge in [-0.3, -0.25) is 0 Å². The smallest absolute Gasteiger partial charge is 0.204 e. The average Bonchev–Trinajstić information content (AvgIpc) is 3.02. The summed E-state index contributed by atoms with van der Waals surface area (Å²) in [5.41, 5.74) is 1.51. The van der Waals surface area contributed by atoms with Gasteiger partial charge < -0.3 is 0 Å². The van der Waals surface area contributed by atoms with Crippen LogP contribution in [0, 0.1) is 0 Å². The van der Waals surface area contributed by atoms with E-state index in [2.05, 4.69) is 5.10 Å². The van der Waals surface area contributed by atoms with Crippen molar-refractivity contribution in [3.63, 3.8) is 0 Å². The van der Waals surface area contributed by atoms with Gasteiger partial charge >= 0.3 is 0 Å². The molecule has 0 spiro atoms. The van der Waals surface area contributed by atoms with Gasteiger partial charge in [-0.2, -0.15) is 5.10 Å². The van der Waals surface area contributed by atoms with Crippen molar-refractivity contribution < 1.29 is 0 Å². The standard InChI is InChI=1S/C21H19Cl4N3S/c1-28-20(29-19(27-28)15-7-5-13(22)11-17(15)24)26-21(9-3-2-4-10-21)16-8-6-14(23)12-18(16)25/h5-8,11-12H,2-4,9-10H2,1H3. The van der Waals surface area contributed by atoms with Crippen LogP contribution in [0.5, 0.6) is 0 Å². The van der Waals surface area contributed by atoms with Crippen LogP contribution in [0.15, 0.2) is 41.4 Å². The third-order valence-corrected chi connectivity index (χ3v) is 7.42. The summed E-state index contributed by atoms with van der Waals surface area (Å²) in [6, 6.07) is 11.1. The van der Waals surface area contributed by atoms with Gasteiger partial charge in [-0.1, -0.05) is 83.1 Å². The Hall–Kier alpha value is -1.04. The largest absolute Gasteiger partial charge is 0.246 e. The van der Waals surface area contributed by atoms with Gasteiger partial charge in [-0.05, 0) is 48.7 Å². The fourth-order valence-corrected chi connectivity index (χ4v) is 6.00. The summed E-state index contributed by atoms with van der Waals surface area (Å²) in [6.45, 7) is 0. The van der Waals surface area contributed by atoms with Crippen LogP contribution in [0.3, 0.4) is 0 Å². The molecule has 0 amide bonds. The first-order valence-electron chi connectivity index (χ1n) is 9.39. The minimum Gasteiger partial charge on any atom is -0.246 e. The number of rotatable bonds is 3. The Morgan fingerprint density at radius 2 is 1.59 bits per heavy atom. The molecule has 1 saturated carbocycles. The second-order valence-electron chi connectivity index (χ2n) is 7.27. The molecule has 0 N–H and O–H groups in total. The highest BCUT2D eigenvalue weighted by Gasteiger charge is 2.35. The summed E-state index contributed by atoms with van der Waals surface area (Å²) in [6.07, 6.45) is 5.33. The summed E-state index contributed by atoms with van der Waals surface area (Å²) in [4.78, 5) is 6.06. The first-order chi connectivity index (χ1) is 13.9. The van der Waals surface area contributed by atoms with Gasteiger partial charge in [0.2, 0.25) is 4.80 Å². The topological polar surface area (TPSA) is 30.2 Å². The Labute approximate surface area is 193 Å². The van der Waals surface area contributed by atoms with E-state index in [0.29, 0.717) is 20.1 Å². The van der Waals surface area contributed by atoms with E-state index >= 15 is 0 Å². The highest BCUT2D eigenvalue weighted by Crippen LogP contribution is 2.44. The molecule has 152 valence electrons. The Morgan fingerprint density at radius 3 is 2.24 bits per heavy atom. The van der Waals surface area contributed by atoms with Crippen molar-refractivity contribution in [2.24, 2.45) is 12.0 Å². The van der Waals surface area contributed by atoms with Crippen molar-refractivity contribution in [3.05, 3.63) is 66.9 Å². The molecule has 0 bridgehead atoms. The molecule has 3 aromatic rings. The lowest BCUT2D eigenvalue weighted by molar-refractivity contribution is 0.296. The minimum absolute atomic E-state index is 0.370. The zero-order valence-electron chi connectivity index (χ0n) is 15.8. The van der Waals surface area contributed by atoms with Gasteiger partial charge in [0.1, 0.15) is 5.01 Å². The maximum Gasteiger partial charge on any atom is 0.204 e. The van der Waals surface area contributed by atoms with Gasteiger partial charge in [-0.25, -0.2) is 9.67 Å². The molecular formula is C21H19Cl4N3S. The Kier molecular flexibility index (Phi) is 6.29. The SMILES string of the molecule is Cn1nc(-c2ccc(Cl)cc2Cl)sc1=NC1(c2ccc(Cl)cc2Cl)CCCCC1. The third kappa shape index (κ3) is 4.38. The van der Waals surface area contributed by atoms with Crippen LogP contribution in [-0.4, -0.2) is 9.78 Å². The van der Waals surface area contributed by atoms with Crippen molar-refractivity contribution in [2.45, 2.75) is 37.6 Å². The van der Waals surface area contributed by atoms with E-state index in [1.54, 1.807) is 12.1 Å². The van der Waals surface area contributed by atoms with Crippen LogP contribution in [0.4, 0.5) is 0 Å². The predicted molar refractivity (Wildman–Crippen MR) is 123 cm³/mol. The molecule has 1 aliphatic carbocycles. The molecule has 1 aromatic heterocycles. The minimum atomic E-state index is -0.370. The molecule has 1 fully saturated rings. The number of benzene rings is 2. The van der Waals surface area contributed by atoms with Gasteiger partial charge in [0.15, 0.2) is 0 Å². The molecule has 3 nitrogen and oxygen atoms in total. The fraction of sp³-hybridized carbons (Fsp3) is 0.333. The molecular weight excluding hydrogens is 468 g/mol. The fourth-order valence-electron chi connectivity index (χ4n) is 3.85. The van der Waals surface area contributed by atoms with Crippen molar-refractivity contribution in [1.29, 1.82) is 0 Å². The van der Waals surface area contributed by atoms with E-state index in [9.17, 15) is 0 Å². The average molecular weight is 487 g/mol. The quantitative estimate of drug-likeness (QED) is 0.376. The number of hydrogen-bond donors (Lipinski definition) is 0. The molecule has 2 aromatic carbocycles. The summed E-state index contributed by atoms with van der Waals surface area (Å²) >= 11 is 26.7. The highest BCUT2D eigenvalue weighted by molar-refractivity contribution is 7.12. The maximum atomic E-state index is 6.60. The number of hydrogen-bond acceptors (Lipinski definition) is 3. The van der Waals surface area contributed by atoms with Crippen molar-refractivity contribution in [3.8, 4) is 10.6 Å². The summed E-state index contributed by atoms with van der Waals surface area (Å²) < 4.78 is 1.81. The molecule has 8 heteroatoms. The van der Waals surface area contributed by atoms with Crippen LogP contribution in [0.2, 0.25) is 20.1 Å². The molecule has 29 heavy (non-hydrogen) atoms. The van der Waals surface area contributed by atoms with Crippen molar-refractivity contribution >= 4 is 57.7 Å². The van der Waals surface area contributed by atoms with Crippen LogP contribution >= 0.6 is 57.7 Å². The van der Waals surface area contributed by atoms with Gasteiger partial charge in [-0.15, -0.1) is 0 Å². The van der Waals surface area contributed by atoms with Crippen LogP contribution in [-0.2, 0) is 12.6 Å². The number of aryl methyl sites for hydroxylation is 1. The van der Waals surface area contributed by atoms with E-state index < -0.39 is 0 Å². The molecule has 0 aliphatic heterocycles. The molecule has 0 radical (unpaired) electrons. The Balaban J connectivity index is 1.84. The molecule has 4 rings (SSSR count). The van der Waals surface area contributed by atoms with E-state index in [1.165, 1.54) is 17.8 Å². The second-order valence-corrected chi connectivity index (χ2v) is 9.91. The zero-order valence-corrected chi connectivity index (χ0v) is 19.6. The molecule has 1 heterocycles. The number of nitrogens with zero attached hydrogens (tertiary/aromatic N) is 3. The van der Waals surface area contributed by atoms with Crippen molar-refractivity contribution in [1.82, 2.24) is 9.78 Å². The highest BCUT2D eigenvalue weighted by atomic mass is 35.5.